The molecule has 8 nitrogen and oxygen atoms in total. The second-order valence-electron chi connectivity index (χ2n) is 5.52. The summed E-state index contributed by atoms with van der Waals surface area (Å²) >= 11 is 0. The number of aromatic amines is 1. The third-order valence-corrected chi connectivity index (χ3v) is 4.23. The predicted molar refractivity (Wildman–Crippen MR) is 81.0 cm³/mol. The number of para-hydroxylation sites is 1. The number of nitrogens with zero attached hydrogens (tertiary/aromatic N) is 5. The lowest BCUT2D eigenvalue weighted by atomic mass is 9.77. The molecule has 0 bridgehead atoms. The highest BCUT2D eigenvalue weighted by Gasteiger charge is 2.40. The van der Waals surface area contributed by atoms with Crippen LogP contribution < -0.4 is 4.84 Å². The van der Waals surface area contributed by atoms with Crippen LogP contribution in [0.2, 0.25) is 0 Å². The van der Waals surface area contributed by atoms with Gasteiger partial charge in [-0.05, 0) is 29.8 Å². The van der Waals surface area contributed by atoms with Crippen molar-refractivity contribution < 1.29 is 9.63 Å². The number of H-pyrrole nitrogens is 1. The van der Waals surface area contributed by atoms with Crippen LogP contribution in [0.4, 0.5) is 0 Å². The van der Waals surface area contributed by atoms with Crippen LogP contribution in [-0.2, 0) is 11.2 Å². The monoisotopic (exact) mass is 310 g/mol. The van der Waals surface area contributed by atoms with Gasteiger partial charge in [0.25, 0.3) is 0 Å². The number of rotatable bonds is 3. The number of hydrogen-bond acceptors (Lipinski definition) is 6. The van der Waals surface area contributed by atoms with Gasteiger partial charge in [0.1, 0.15) is 11.0 Å². The van der Waals surface area contributed by atoms with E-state index >= 15 is 0 Å². The van der Waals surface area contributed by atoms with Crippen molar-refractivity contribution in [3.63, 3.8) is 0 Å². The Kier molecular flexibility index (Phi) is 2.97. The minimum Gasteiger partial charge on any atom is -0.316 e. The molecule has 0 saturated carbocycles. The van der Waals surface area contributed by atoms with E-state index in [1.165, 1.54) is 4.85 Å². The maximum atomic E-state index is 12.8. The molecular weight excluding hydrogens is 296 g/mol. The molecule has 8 heteroatoms. The highest BCUT2D eigenvalue weighted by atomic mass is 16.7. The Bertz CT molecular complexity index is 911. The van der Waals surface area contributed by atoms with Crippen LogP contribution in [0.25, 0.3) is 17.1 Å². The lowest BCUT2D eigenvalue weighted by Gasteiger charge is -2.27. The molecule has 1 aliphatic carbocycles. The summed E-state index contributed by atoms with van der Waals surface area (Å²) in [6.07, 6.45) is 4.69. The summed E-state index contributed by atoms with van der Waals surface area (Å²) in [5.74, 6) is -0.388. The van der Waals surface area contributed by atoms with E-state index in [1.54, 1.807) is 6.07 Å². The number of fused-ring (bicyclic) bond motifs is 2. The van der Waals surface area contributed by atoms with Gasteiger partial charge in [-0.15, -0.1) is 10.2 Å². The molecule has 1 aromatic carbocycles. The zero-order valence-electron chi connectivity index (χ0n) is 12.4. The zero-order chi connectivity index (χ0) is 15.9. The van der Waals surface area contributed by atoms with E-state index in [9.17, 15) is 4.79 Å². The van der Waals surface area contributed by atoms with Crippen molar-refractivity contribution >= 4 is 23.1 Å². The third kappa shape index (κ3) is 2.10. The van der Waals surface area contributed by atoms with Crippen LogP contribution >= 0.6 is 0 Å². The van der Waals surface area contributed by atoms with Crippen LogP contribution in [0.15, 0.2) is 30.3 Å². The molecule has 0 aliphatic heterocycles. The number of nitrogens with one attached hydrogen (secondary N) is 1. The first-order valence-corrected chi connectivity index (χ1v) is 7.34. The number of hydrogen-bond donors (Lipinski definition) is 1. The average molecular weight is 310 g/mol. The SMILES string of the molecule is CCC1(C(=O)On2nnc3ccccc32)C=Cc2[nH]nnc2C1. The normalized spacial score (nSPS) is 19.7. The van der Waals surface area contributed by atoms with Gasteiger partial charge in [0.2, 0.25) is 0 Å². The standard InChI is InChI=1S/C15H14N6O2/c1-2-15(8-7-10-12(9-15)17-19-16-10)14(22)23-21-13-6-4-3-5-11(13)18-20-21/h3-8H,2,9H2,1H3,(H,16,17,19). The van der Waals surface area contributed by atoms with E-state index < -0.39 is 5.41 Å². The molecule has 2 aromatic heterocycles. The Morgan fingerprint density at radius 2 is 2.26 bits per heavy atom. The molecule has 0 saturated heterocycles. The van der Waals surface area contributed by atoms with E-state index in [0.29, 0.717) is 23.9 Å². The maximum Gasteiger partial charge on any atom is 0.345 e. The number of carbonyl (C=O) groups excluding carboxylic acids is 1. The highest BCUT2D eigenvalue weighted by molar-refractivity contribution is 5.83. The quantitative estimate of drug-likeness (QED) is 0.729. The van der Waals surface area contributed by atoms with Gasteiger partial charge in [-0.2, -0.15) is 0 Å². The van der Waals surface area contributed by atoms with Gasteiger partial charge in [0, 0.05) is 6.42 Å². The van der Waals surface area contributed by atoms with Crippen LogP contribution in [-0.4, -0.2) is 36.5 Å². The Hall–Kier alpha value is -3.03. The van der Waals surface area contributed by atoms with Gasteiger partial charge >= 0.3 is 5.97 Å². The highest BCUT2D eigenvalue weighted by Crippen LogP contribution is 2.34. The Morgan fingerprint density at radius 3 is 3.13 bits per heavy atom. The zero-order valence-corrected chi connectivity index (χ0v) is 12.4. The van der Waals surface area contributed by atoms with Gasteiger partial charge in [0.15, 0.2) is 0 Å². The minimum absolute atomic E-state index is 0.388. The van der Waals surface area contributed by atoms with Gasteiger partial charge in [-0.1, -0.05) is 35.2 Å². The summed E-state index contributed by atoms with van der Waals surface area (Å²) in [4.78, 5) is 19.4. The van der Waals surface area contributed by atoms with Crippen LogP contribution in [0.5, 0.6) is 0 Å². The summed E-state index contributed by atoms with van der Waals surface area (Å²) in [5.41, 5.74) is 2.12. The van der Waals surface area contributed by atoms with Crippen molar-refractivity contribution in [3.8, 4) is 0 Å². The minimum atomic E-state index is -0.781. The molecule has 1 unspecified atom stereocenters. The third-order valence-electron chi connectivity index (χ3n) is 4.23. The number of carbonyl (C=O) groups is 1. The molecule has 0 fully saturated rings. The van der Waals surface area contributed by atoms with Gasteiger partial charge in [-0.25, -0.2) is 4.79 Å². The lowest BCUT2D eigenvalue weighted by Crippen LogP contribution is -2.39. The predicted octanol–water partition coefficient (Wildman–Crippen LogP) is 1.17. The van der Waals surface area contributed by atoms with Crippen molar-refractivity contribution in [2.45, 2.75) is 19.8 Å². The summed E-state index contributed by atoms with van der Waals surface area (Å²) < 4.78 is 0. The summed E-state index contributed by atoms with van der Waals surface area (Å²) in [7, 11) is 0. The number of benzene rings is 1. The van der Waals surface area contributed by atoms with E-state index in [1.807, 2.05) is 37.3 Å². The molecule has 1 N–H and O–H groups in total. The topological polar surface area (TPSA) is 98.6 Å². The summed E-state index contributed by atoms with van der Waals surface area (Å²) in [5, 5.41) is 18.5. The van der Waals surface area contributed by atoms with Crippen LogP contribution in [0.1, 0.15) is 24.7 Å². The Labute approximate surface area is 131 Å². The first-order chi connectivity index (χ1) is 11.2. The smallest absolute Gasteiger partial charge is 0.316 e. The second-order valence-corrected chi connectivity index (χ2v) is 5.52. The lowest BCUT2D eigenvalue weighted by molar-refractivity contribution is -0.155. The molecule has 0 spiro atoms. The molecule has 0 radical (unpaired) electrons. The molecule has 1 aliphatic rings. The van der Waals surface area contributed by atoms with Crippen molar-refractivity contribution in [1.82, 2.24) is 30.6 Å². The van der Waals surface area contributed by atoms with Crippen molar-refractivity contribution in [1.29, 1.82) is 0 Å². The Morgan fingerprint density at radius 1 is 1.39 bits per heavy atom. The van der Waals surface area contributed by atoms with E-state index in [0.717, 1.165) is 11.4 Å². The fourth-order valence-corrected chi connectivity index (χ4v) is 2.73. The molecule has 1 atom stereocenters. The van der Waals surface area contributed by atoms with Gasteiger partial charge < -0.3 is 4.84 Å². The molecule has 4 rings (SSSR count). The number of aromatic nitrogens is 6. The fourth-order valence-electron chi connectivity index (χ4n) is 2.73. The average Bonchev–Trinajstić information content (AvgIpc) is 3.21. The van der Waals surface area contributed by atoms with Crippen LogP contribution in [0.3, 0.4) is 0 Å². The first kappa shape index (κ1) is 13.6. The summed E-state index contributed by atoms with van der Waals surface area (Å²) in [6.45, 7) is 1.94. The van der Waals surface area contributed by atoms with Gasteiger partial charge in [0.05, 0.1) is 16.8 Å². The molecule has 3 aromatic rings. The molecule has 0 amide bonds. The van der Waals surface area contributed by atoms with E-state index in [2.05, 4.69) is 25.7 Å². The van der Waals surface area contributed by atoms with Crippen LogP contribution in [0, 0.1) is 5.41 Å². The van der Waals surface area contributed by atoms with Crippen molar-refractivity contribution in [2.75, 3.05) is 0 Å². The largest absolute Gasteiger partial charge is 0.345 e. The Balaban J connectivity index is 1.65. The van der Waals surface area contributed by atoms with E-state index in [-0.39, 0.29) is 5.97 Å². The van der Waals surface area contributed by atoms with Gasteiger partial charge in [-0.3, -0.25) is 5.10 Å². The molecule has 2 heterocycles. The molecule has 116 valence electrons. The first-order valence-electron chi connectivity index (χ1n) is 7.34. The van der Waals surface area contributed by atoms with E-state index in [4.69, 9.17) is 4.84 Å². The summed E-state index contributed by atoms with van der Waals surface area (Å²) in [6, 6.07) is 7.30. The molecule has 23 heavy (non-hydrogen) atoms. The fraction of sp³-hybridized carbons (Fsp3) is 0.267. The van der Waals surface area contributed by atoms with Crippen molar-refractivity contribution in [3.05, 3.63) is 41.7 Å². The second kappa shape index (κ2) is 5.01. The molecular formula is C15H14N6O2. The maximum absolute atomic E-state index is 12.8. The van der Waals surface area contributed by atoms with Crippen molar-refractivity contribution in [2.24, 2.45) is 5.41 Å².